The van der Waals surface area contributed by atoms with Gasteiger partial charge in [0.1, 0.15) is 16.4 Å². The molecule has 1 aliphatic heterocycles. The first-order valence-electron chi connectivity index (χ1n) is 10.3. The second-order valence-electron chi connectivity index (χ2n) is 7.57. The Bertz CT molecular complexity index is 1030. The van der Waals surface area contributed by atoms with Crippen molar-refractivity contribution < 1.29 is 4.74 Å². The van der Waals surface area contributed by atoms with E-state index >= 15 is 0 Å². The summed E-state index contributed by atoms with van der Waals surface area (Å²) in [7, 11) is 1.75. The minimum Gasteiger partial charge on any atom is -0.495 e. The van der Waals surface area contributed by atoms with Crippen LogP contribution in [0.3, 0.4) is 0 Å². The Hall–Kier alpha value is -1.99. The van der Waals surface area contributed by atoms with Crippen molar-refractivity contribution >= 4 is 44.8 Å². The molecule has 0 spiro atoms. The maximum absolute atomic E-state index is 5.57. The molecule has 0 N–H and O–H groups in total. The van der Waals surface area contributed by atoms with Crippen LogP contribution in [0.15, 0.2) is 29.4 Å². The molecule has 0 saturated carbocycles. The van der Waals surface area contributed by atoms with Crippen molar-refractivity contribution in [3.05, 3.63) is 34.7 Å². The minimum absolute atomic E-state index is 0.887. The minimum atomic E-state index is 0.887. The van der Waals surface area contributed by atoms with Gasteiger partial charge < -0.3 is 14.5 Å². The van der Waals surface area contributed by atoms with Gasteiger partial charge in [0.25, 0.3) is 0 Å². The molecular weight excluding hydrogens is 400 g/mol. The van der Waals surface area contributed by atoms with Crippen molar-refractivity contribution in [3.63, 3.8) is 0 Å². The van der Waals surface area contributed by atoms with Crippen molar-refractivity contribution in [3.8, 4) is 5.75 Å². The second kappa shape index (κ2) is 8.03. The number of aromatic nitrogens is 2. The molecule has 0 bridgehead atoms. The lowest BCUT2D eigenvalue weighted by molar-refractivity contribution is 0.413. The maximum atomic E-state index is 5.57. The lowest BCUT2D eigenvalue weighted by Gasteiger charge is -2.37. The number of hydrogen-bond donors (Lipinski definition) is 0. The quantitative estimate of drug-likeness (QED) is 0.448. The molecule has 29 heavy (non-hydrogen) atoms. The highest BCUT2D eigenvalue weighted by molar-refractivity contribution is 7.98. The van der Waals surface area contributed by atoms with E-state index in [-0.39, 0.29) is 0 Å². The van der Waals surface area contributed by atoms with E-state index in [0.29, 0.717) is 0 Å². The molecule has 0 radical (unpaired) electrons. The normalized spacial score (nSPS) is 16.9. The third-order valence-corrected chi connectivity index (χ3v) is 7.70. The highest BCUT2D eigenvalue weighted by Crippen LogP contribution is 2.41. The number of benzene rings is 1. The SMILES string of the molecule is COc1ccccc1N1CCN(c2nc(SC)nc3sc4c(c23)CCCC4)CC1. The topological polar surface area (TPSA) is 41.5 Å². The van der Waals surface area contributed by atoms with Gasteiger partial charge in [0.15, 0.2) is 5.16 Å². The molecule has 5 nitrogen and oxygen atoms in total. The van der Waals surface area contributed by atoms with E-state index in [9.17, 15) is 0 Å². The number of para-hydroxylation sites is 2. The van der Waals surface area contributed by atoms with Crippen LogP contribution in [0.25, 0.3) is 10.2 Å². The summed E-state index contributed by atoms with van der Waals surface area (Å²) in [6.45, 7) is 3.85. The predicted molar refractivity (Wildman–Crippen MR) is 123 cm³/mol. The predicted octanol–water partition coefficient (Wildman–Crippen LogP) is 4.63. The van der Waals surface area contributed by atoms with E-state index in [0.717, 1.165) is 42.9 Å². The van der Waals surface area contributed by atoms with E-state index in [4.69, 9.17) is 14.7 Å². The highest BCUT2D eigenvalue weighted by atomic mass is 32.2. The Labute approximate surface area is 180 Å². The first-order chi connectivity index (χ1) is 14.3. The van der Waals surface area contributed by atoms with Crippen molar-refractivity contribution in [1.29, 1.82) is 0 Å². The van der Waals surface area contributed by atoms with Gasteiger partial charge in [-0.3, -0.25) is 0 Å². The molecule has 7 heteroatoms. The largest absolute Gasteiger partial charge is 0.495 e. The number of rotatable bonds is 4. The summed E-state index contributed by atoms with van der Waals surface area (Å²) in [6.07, 6.45) is 7.02. The van der Waals surface area contributed by atoms with E-state index in [2.05, 4.69) is 28.2 Å². The number of thioether (sulfide) groups is 1. The lowest BCUT2D eigenvalue weighted by atomic mass is 9.97. The van der Waals surface area contributed by atoms with Crippen LogP contribution >= 0.6 is 23.1 Å². The van der Waals surface area contributed by atoms with Gasteiger partial charge in [-0.2, -0.15) is 0 Å². The van der Waals surface area contributed by atoms with Gasteiger partial charge in [-0.15, -0.1) is 11.3 Å². The molecule has 2 aliphatic rings. The standard InChI is InChI=1S/C22H26N4OS2/c1-27-17-9-5-4-8-16(17)25-11-13-26(14-12-25)20-19-15-7-3-6-10-18(15)29-21(19)24-22(23-20)28-2/h4-5,8-9H,3,6-7,10-14H2,1-2H3. The molecule has 3 aromatic rings. The average molecular weight is 427 g/mol. The summed E-state index contributed by atoms with van der Waals surface area (Å²) < 4.78 is 5.57. The number of hydrogen-bond acceptors (Lipinski definition) is 7. The Morgan fingerprint density at radius 1 is 1.00 bits per heavy atom. The average Bonchev–Trinajstić information content (AvgIpc) is 3.17. The van der Waals surface area contributed by atoms with Crippen LogP contribution in [0.4, 0.5) is 11.5 Å². The molecule has 152 valence electrons. The third-order valence-electron chi connectivity index (χ3n) is 5.96. The lowest BCUT2D eigenvalue weighted by Crippen LogP contribution is -2.47. The van der Waals surface area contributed by atoms with Crippen molar-refractivity contribution in [2.75, 3.05) is 49.3 Å². The number of aryl methyl sites for hydroxylation is 2. The number of thiophene rings is 1. The summed E-state index contributed by atoms with van der Waals surface area (Å²) >= 11 is 3.53. The molecule has 3 heterocycles. The summed E-state index contributed by atoms with van der Waals surface area (Å²) in [5.74, 6) is 2.10. The van der Waals surface area contributed by atoms with Crippen molar-refractivity contribution in [2.45, 2.75) is 30.8 Å². The smallest absolute Gasteiger partial charge is 0.190 e. The van der Waals surface area contributed by atoms with E-state index < -0.39 is 0 Å². The van der Waals surface area contributed by atoms with Gasteiger partial charge >= 0.3 is 0 Å². The summed E-state index contributed by atoms with van der Waals surface area (Å²) in [4.78, 5) is 17.5. The van der Waals surface area contributed by atoms with Gasteiger partial charge in [-0.05, 0) is 49.6 Å². The molecule has 5 rings (SSSR count). The van der Waals surface area contributed by atoms with Crippen LogP contribution in [-0.4, -0.2) is 49.5 Å². The Kier molecular flexibility index (Phi) is 5.26. The van der Waals surface area contributed by atoms with E-state index in [1.165, 1.54) is 52.0 Å². The summed E-state index contributed by atoms with van der Waals surface area (Å²) in [6, 6.07) is 8.30. The van der Waals surface area contributed by atoms with Crippen LogP contribution < -0.4 is 14.5 Å². The zero-order valence-electron chi connectivity index (χ0n) is 17.0. The Balaban J connectivity index is 1.46. The number of fused-ring (bicyclic) bond motifs is 3. The van der Waals surface area contributed by atoms with Gasteiger partial charge in [0, 0.05) is 31.1 Å². The molecule has 1 saturated heterocycles. The first-order valence-corrected chi connectivity index (χ1v) is 12.3. The summed E-state index contributed by atoms with van der Waals surface area (Å²) in [5.41, 5.74) is 2.70. The van der Waals surface area contributed by atoms with Gasteiger partial charge in [0.2, 0.25) is 0 Å². The highest BCUT2D eigenvalue weighted by Gasteiger charge is 2.26. The molecule has 1 fully saturated rings. The zero-order chi connectivity index (χ0) is 19.8. The first kappa shape index (κ1) is 19.0. The molecule has 2 aromatic heterocycles. The molecule has 0 amide bonds. The molecule has 0 atom stereocenters. The third kappa shape index (κ3) is 3.44. The summed E-state index contributed by atoms with van der Waals surface area (Å²) in [5, 5.41) is 2.21. The van der Waals surface area contributed by atoms with Crippen LogP contribution in [0.5, 0.6) is 5.75 Å². The second-order valence-corrected chi connectivity index (χ2v) is 9.43. The molecule has 1 aliphatic carbocycles. The van der Waals surface area contributed by atoms with E-state index in [1.807, 2.05) is 23.5 Å². The number of piperazine rings is 1. The van der Waals surface area contributed by atoms with Gasteiger partial charge in [-0.1, -0.05) is 23.9 Å². The number of nitrogens with zero attached hydrogens (tertiary/aromatic N) is 4. The number of methoxy groups -OCH3 is 1. The van der Waals surface area contributed by atoms with Crippen LogP contribution in [0, 0.1) is 0 Å². The van der Waals surface area contributed by atoms with Crippen molar-refractivity contribution in [1.82, 2.24) is 9.97 Å². The Morgan fingerprint density at radius 3 is 2.55 bits per heavy atom. The van der Waals surface area contributed by atoms with Gasteiger partial charge in [-0.25, -0.2) is 9.97 Å². The van der Waals surface area contributed by atoms with E-state index in [1.54, 1.807) is 18.9 Å². The fraction of sp³-hybridized carbons (Fsp3) is 0.455. The molecular formula is C22H26N4OS2. The molecule has 1 aromatic carbocycles. The molecule has 0 unspecified atom stereocenters. The number of ether oxygens (including phenoxy) is 1. The van der Waals surface area contributed by atoms with Crippen LogP contribution in [0.2, 0.25) is 0 Å². The Morgan fingerprint density at radius 2 is 1.76 bits per heavy atom. The maximum Gasteiger partial charge on any atom is 0.190 e. The fourth-order valence-electron chi connectivity index (χ4n) is 4.49. The monoisotopic (exact) mass is 426 g/mol. The van der Waals surface area contributed by atoms with Crippen LogP contribution in [-0.2, 0) is 12.8 Å². The van der Waals surface area contributed by atoms with Crippen molar-refractivity contribution in [2.24, 2.45) is 0 Å². The van der Waals surface area contributed by atoms with Crippen LogP contribution in [0.1, 0.15) is 23.3 Å². The van der Waals surface area contributed by atoms with Gasteiger partial charge in [0.05, 0.1) is 18.2 Å². The fourth-order valence-corrected chi connectivity index (χ4v) is 6.16. The zero-order valence-corrected chi connectivity index (χ0v) is 18.6. The number of anilines is 2.